The van der Waals surface area contributed by atoms with Crippen molar-refractivity contribution < 1.29 is 9.21 Å². The Kier molecular flexibility index (Phi) is 5.16. The van der Waals surface area contributed by atoms with E-state index in [9.17, 15) is 4.79 Å². The first-order valence-electron chi connectivity index (χ1n) is 8.74. The fourth-order valence-corrected chi connectivity index (χ4v) is 3.38. The molecule has 4 rings (SSSR count). The van der Waals surface area contributed by atoms with Crippen LogP contribution in [-0.2, 0) is 6.54 Å². The number of aromatic nitrogens is 2. The Balaban J connectivity index is 1.41. The predicted octanol–water partition coefficient (Wildman–Crippen LogP) is 4.78. The predicted molar refractivity (Wildman–Crippen MR) is 110 cm³/mol. The van der Waals surface area contributed by atoms with Crippen LogP contribution in [0, 0.1) is 6.92 Å². The van der Waals surface area contributed by atoms with E-state index in [2.05, 4.69) is 20.6 Å². The number of hydrogen-bond acceptors (Lipinski definition) is 6. The van der Waals surface area contributed by atoms with Gasteiger partial charge < -0.3 is 15.1 Å². The molecule has 0 saturated heterocycles. The van der Waals surface area contributed by atoms with Crippen molar-refractivity contribution in [2.24, 2.45) is 0 Å². The number of amides is 1. The molecule has 0 spiro atoms. The first-order valence-corrected chi connectivity index (χ1v) is 9.62. The summed E-state index contributed by atoms with van der Waals surface area (Å²) in [5.74, 6) is 1.84. The van der Waals surface area contributed by atoms with Gasteiger partial charge in [0.2, 0.25) is 5.95 Å². The number of nitrogens with one attached hydrogen (secondary N) is 2. The topological polar surface area (TPSA) is 80.0 Å². The molecule has 0 aliphatic carbocycles. The Morgan fingerprint density at radius 2 is 1.96 bits per heavy atom. The molecule has 1 aromatic carbocycles. The van der Waals surface area contributed by atoms with Gasteiger partial charge in [-0.2, -0.15) is 0 Å². The van der Waals surface area contributed by atoms with Crippen molar-refractivity contribution in [3.63, 3.8) is 0 Å². The molecule has 1 amide bonds. The summed E-state index contributed by atoms with van der Waals surface area (Å²) in [7, 11) is 0. The van der Waals surface area contributed by atoms with E-state index in [1.807, 2.05) is 48.7 Å². The largest absolute Gasteiger partial charge is 0.465 e. The molecule has 0 atom stereocenters. The standard InChI is InChI=1S/C21H18N4O2S/c1-14-7-8-18(27-14)13-22-20(26)15-4-2-5-17(10-15)25-21-23-11-16(12-24-21)19-6-3-9-28-19/h2-12H,13H2,1H3,(H,22,26)(H,23,24,25). The highest BCUT2D eigenvalue weighted by atomic mass is 32.1. The second-order valence-corrected chi connectivity index (χ2v) is 7.12. The van der Waals surface area contributed by atoms with Crippen LogP contribution in [0.25, 0.3) is 10.4 Å². The second-order valence-electron chi connectivity index (χ2n) is 6.17. The van der Waals surface area contributed by atoms with Crippen LogP contribution in [0.15, 0.2) is 70.7 Å². The molecule has 6 nitrogen and oxygen atoms in total. The molecule has 28 heavy (non-hydrogen) atoms. The van der Waals surface area contributed by atoms with Crippen molar-refractivity contribution >= 4 is 28.9 Å². The van der Waals surface area contributed by atoms with Gasteiger partial charge in [0.25, 0.3) is 5.91 Å². The van der Waals surface area contributed by atoms with Crippen LogP contribution >= 0.6 is 11.3 Å². The van der Waals surface area contributed by atoms with Crippen molar-refractivity contribution in [3.8, 4) is 10.4 Å². The number of thiophene rings is 1. The molecule has 0 radical (unpaired) electrons. The number of hydrogen-bond donors (Lipinski definition) is 2. The van der Waals surface area contributed by atoms with Crippen molar-refractivity contribution in [3.05, 3.63) is 83.4 Å². The molecule has 0 unspecified atom stereocenters. The van der Waals surface area contributed by atoms with E-state index in [1.54, 1.807) is 35.9 Å². The molecule has 0 bridgehead atoms. The molecule has 0 aliphatic rings. The van der Waals surface area contributed by atoms with E-state index < -0.39 is 0 Å². The molecule has 2 N–H and O–H groups in total. The maximum atomic E-state index is 12.4. The minimum absolute atomic E-state index is 0.174. The summed E-state index contributed by atoms with van der Waals surface area (Å²) in [5.41, 5.74) is 2.26. The third-order valence-electron chi connectivity index (χ3n) is 4.06. The summed E-state index contributed by atoms with van der Waals surface area (Å²) in [6, 6.07) is 14.9. The zero-order valence-electron chi connectivity index (χ0n) is 15.2. The molecule has 140 valence electrons. The Bertz CT molecular complexity index is 1070. The Morgan fingerprint density at radius 3 is 2.68 bits per heavy atom. The van der Waals surface area contributed by atoms with Crippen LogP contribution in [0.3, 0.4) is 0 Å². The molecule has 3 aromatic heterocycles. The fourth-order valence-electron chi connectivity index (χ4n) is 2.68. The normalized spacial score (nSPS) is 10.6. The SMILES string of the molecule is Cc1ccc(CNC(=O)c2cccc(Nc3ncc(-c4cccs4)cn3)c2)o1. The van der Waals surface area contributed by atoms with Crippen LogP contribution < -0.4 is 10.6 Å². The lowest BCUT2D eigenvalue weighted by Crippen LogP contribution is -2.22. The highest BCUT2D eigenvalue weighted by Crippen LogP contribution is 2.24. The van der Waals surface area contributed by atoms with E-state index in [0.717, 1.165) is 27.6 Å². The van der Waals surface area contributed by atoms with Gasteiger partial charge in [-0.15, -0.1) is 11.3 Å². The first-order chi connectivity index (χ1) is 13.7. The number of anilines is 2. The Hall–Kier alpha value is -3.45. The Labute approximate surface area is 166 Å². The summed E-state index contributed by atoms with van der Waals surface area (Å²) in [6.45, 7) is 2.22. The monoisotopic (exact) mass is 390 g/mol. The third-order valence-corrected chi connectivity index (χ3v) is 4.98. The van der Waals surface area contributed by atoms with Gasteiger partial charge in [0.05, 0.1) is 6.54 Å². The van der Waals surface area contributed by atoms with E-state index in [0.29, 0.717) is 18.1 Å². The minimum Gasteiger partial charge on any atom is -0.465 e. The number of furan rings is 1. The molecule has 3 heterocycles. The van der Waals surface area contributed by atoms with Gasteiger partial charge in [-0.25, -0.2) is 9.97 Å². The van der Waals surface area contributed by atoms with Crippen molar-refractivity contribution in [1.29, 1.82) is 0 Å². The third kappa shape index (κ3) is 4.27. The molecule has 0 fully saturated rings. The van der Waals surface area contributed by atoms with Crippen molar-refractivity contribution in [1.82, 2.24) is 15.3 Å². The van der Waals surface area contributed by atoms with Crippen LogP contribution in [0.2, 0.25) is 0 Å². The number of benzene rings is 1. The Morgan fingerprint density at radius 1 is 1.11 bits per heavy atom. The number of aryl methyl sites for hydroxylation is 1. The van der Waals surface area contributed by atoms with Crippen LogP contribution in [0.1, 0.15) is 21.9 Å². The minimum atomic E-state index is -0.174. The molecule has 7 heteroatoms. The summed E-state index contributed by atoms with van der Waals surface area (Å²) >= 11 is 1.64. The van der Waals surface area contributed by atoms with Crippen LogP contribution in [0.4, 0.5) is 11.6 Å². The number of rotatable bonds is 6. The molecule has 4 aromatic rings. The molecular weight excluding hydrogens is 372 g/mol. The lowest BCUT2D eigenvalue weighted by Gasteiger charge is -2.08. The average molecular weight is 390 g/mol. The smallest absolute Gasteiger partial charge is 0.251 e. The number of carbonyl (C=O) groups excluding carboxylic acids is 1. The summed E-state index contributed by atoms with van der Waals surface area (Å²) in [4.78, 5) is 22.2. The van der Waals surface area contributed by atoms with Gasteiger partial charge in [0.15, 0.2) is 0 Å². The van der Waals surface area contributed by atoms with Gasteiger partial charge in [-0.1, -0.05) is 12.1 Å². The van der Waals surface area contributed by atoms with Gasteiger partial charge in [-0.3, -0.25) is 4.79 Å². The van der Waals surface area contributed by atoms with Crippen LogP contribution in [0.5, 0.6) is 0 Å². The molecule has 0 aliphatic heterocycles. The maximum Gasteiger partial charge on any atom is 0.251 e. The number of carbonyl (C=O) groups is 1. The van der Waals surface area contributed by atoms with Gasteiger partial charge in [0.1, 0.15) is 11.5 Å². The fraction of sp³-hybridized carbons (Fsp3) is 0.0952. The molecular formula is C21H18N4O2S. The zero-order chi connectivity index (χ0) is 19.3. The van der Waals surface area contributed by atoms with E-state index in [1.165, 1.54) is 0 Å². The van der Waals surface area contributed by atoms with Crippen LogP contribution in [-0.4, -0.2) is 15.9 Å². The van der Waals surface area contributed by atoms with Gasteiger partial charge in [-0.05, 0) is 48.7 Å². The molecule has 0 saturated carbocycles. The highest BCUT2D eigenvalue weighted by molar-refractivity contribution is 7.13. The summed E-state index contributed by atoms with van der Waals surface area (Å²) < 4.78 is 5.47. The first kappa shape index (κ1) is 17.9. The lowest BCUT2D eigenvalue weighted by molar-refractivity contribution is 0.0948. The summed E-state index contributed by atoms with van der Waals surface area (Å²) in [6.07, 6.45) is 3.56. The maximum absolute atomic E-state index is 12.4. The van der Waals surface area contributed by atoms with E-state index in [4.69, 9.17) is 4.42 Å². The second kappa shape index (κ2) is 8.06. The zero-order valence-corrected chi connectivity index (χ0v) is 16.0. The lowest BCUT2D eigenvalue weighted by atomic mass is 10.2. The highest BCUT2D eigenvalue weighted by Gasteiger charge is 2.08. The quantitative estimate of drug-likeness (QED) is 0.495. The average Bonchev–Trinajstić information content (AvgIpc) is 3.39. The summed E-state index contributed by atoms with van der Waals surface area (Å²) in [5, 5.41) is 8.00. The van der Waals surface area contributed by atoms with E-state index >= 15 is 0 Å². The van der Waals surface area contributed by atoms with Gasteiger partial charge in [0, 0.05) is 34.1 Å². The van der Waals surface area contributed by atoms with E-state index in [-0.39, 0.29) is 5.91 Å². The van der Waals surface area contributed by atoms with Crippen molar-refractivity contribution in [2.75, 3.05) is 5.32 Å². The van der Waals surface area contributed by atoms with Crippen molar-refractivity contribution in [2.45, 2.75) is 13.5 Å². The number of nitrogens with zero attached hydrogens (tertiary/aromatic N) is 2. The van der Waals surface area contributed by atoms with Gasteiger partial charge >= 0.3 is 0 Å².